The van der Waals surface area contributed by atoms with Crippen molar-refractivity contribution in [3.8, 4) is 0 Å². The number of aromatic nitrogens is 4. The van der Waals surface area contributed by atoms with E-state index in [4.69, 9.17) is 4.63 Å². The lowest BCUT2D eigenvalue weighted by molar-refractivity contribution is 0.315. The van der Waals surface area contributed by atoms with Gasteiger partial charge >= 0.3 is 0 Å². The molecule has 0 saturated carbocycles. The lowest BCUT2D eigenvalue weighted by atomic mass is 10.00. The standard InChI is InChI=1S/C16H14N4OS/c1-9-3-5-11(15-13(9)17-21-18-15)7-8-12-6-4-10(2)14-16(12)20-22-19-14/h3-6H,7-8H2,1-2H3. The van der Waals surface area contributed by atoms with Gasteiger partial charge < -0.3 is 0 Å². The molecule has 0 radical (unpaired) electrons. The van der Waals surface area contributed by atoms with Gasteiger partial charge in [0, 0.05) is 0 Å². The van der Waals surface area contributed by atoms with Crippen LogP contribution in [0.1, 0.15) is 22.3 Å². The third-order valence-electron chi connectivity index (χ3n) is 4.07. The van der Waals surface area contributed by atoms with Gasteiger partial charge in [-0.1, -0.05) is 24.3 Å². The van der Waals surface area contributed by atoms with E-state index in [-0.39, 0.29) is 0 Å². The predicted molar refractivity (Wildman–Crippen MR) is 86.1 cm³/mol. The van der Waals surface area contributed by atoms with Crippen LogP contribution in [0, 0.1) is 13.8 Å². The van der Waals surface area contributed by atoms with Crippen LogP contribution in [0.3, 0.4) is 0 Å². The Morgan fingerprint density at radius 3 is 2.14 bits per heavy atom. The number of aryl methyl sites for hydroxylation is 4. The Hall–Kier alpha value is -2.34. The van der Waals surface area contributed by atoms with Crippen LogP contribution in [-0.4, -0.2) is 19.1 Å². The summed E-state index contributed by atoms with van der Waals surface area (Å²) in [7, 11) is 0. The molecule has 2 aromatic heterocycles. The van der Waals surface area contributed by atoms with Crippen molar-refractivity contribution in [2.24, 2.45) is 0 Å². The lowest BCUT2D eigenvalue weighted by Crippen LogP contribution is -1.95. The highest BCUT2D eigenvalue weighted by atomic mass is 32.1. The normalized spacial score (nSPS) is 11.5. The van der Waals surface area contributed by atoms with Gasteiger partial charge in [-0.2, -0.15) is 8.75 Å². The smallest absolute Gasteiger partial charge is 0.138 e. The Balaban J connectivity index is 1.69. The highest BCUT2D eigenvalue weighted by Gasteiger charge is 2.12. The van der Waals surface area contributed by atoms with Crippen LogP contribution in [0.15, 0.2) is 28.9 Å². The summed E-state index contributed by atoms with van der Waals surface area (Å²) in [5, 5.41) is 8.03. The maximum atomic E-state index is 4.89. The first-order chi connectivity index (χ1) is 10.7. The molecule has 22 heavy (non-hydrogen) atoms. The summed E-state index contributed by atoms with van der Waals surface area (Å²) in [5.74, 6) is 0. The molecule has 2 heterocycles. The van der Waals surface area contributed by atoms with Crippen LogP contribution in [0.25, 0.3) is 22.1 Å². The highest BCUT2D eigenvalue weighted by molar-refractivity contribution is 7.00. The molecule has 0 aliphatic heterocycles. The van der Waals surface area contributed by atoms with Crippen molar-refractivity contribution in [2.75, 3.05) is 0 Å². The second-order valence-electron chi connectivity index (χ2n) is 5.51. The maximum Gasteiger partial charge on any atom is 0.138 e. The fourth-order valence-electron chi connectivity index (χ4n) is 2.76. The number of fused-ring (bicyclic) bond motifs is 2. The molecule has 5 nitrogen and oxygen atoms in total. The van der Waals surface area contributed by atoms with E-state index in [1.165, 1.54) is 22.9 Å². The Bertz CT molecular complexity index is 893. The zero-order valence-corrected chi connectivity index (χ0v) is 13.1. The van der Waals surface area contributed by atoms with Crippen LogP contribution >= 0.6 is 11.7 Å². The third-order valence-corrected chi connectivity index (χ3v) is 4.59. The van der Waals surface area contributed by atoms with E-state index in [0.717, 1.165) is 46.0 Å². The largest absolute Gasteiger partial charge is 0.243 e. The molecule has 4 aromatic rings. The van der Waals surface area contributed by atoms with Gasteiger partial charge in [0.25, 0.3) is 0 Å². The van der Waals surface area contributed by atoms with Gasteiger partial charge in [-0.15, -0.1) is 0 Å². The van der Waals surface area contributed by atoms with Gasteiger partial charge in [-0.3, -0.25) is 0 Å². The molecule has 0 unspecified atom stereocenters. The van der Waals surface area contributed by atoms with E-state index in [2.05, 4.69) is 50.2 Å². The van der Waals surface area contributed by atoms with Crippen molar-refractivity contribution in [3.63, 3.8) is 0 Å². The molecule has 0 fully saturated rings. The van der Waals surface area contributed by atoms with Crippen LogP contribution in [0.2, 0.25) is 0 Å². The number of hydrogen-bond donors (Lipinski definition) is 0. The minimum absolute atomic E-state index is 0.849. The number of hydrogen-bond acceptors (Lipinski definition) is 6. The number of rotatable bonds is 3. The van der Waals surface area contributed by atoms with E-state index < -0.39 is 0 Å². The maximum absolute atomic E-state index is 4.89. The van der Waals surface area contributed by atoms with Gasteiger partial charge in [0.1, 0.15) is 22.1 Å². The van der Waals surface area contributed by atoms with Crippen molar-refractivity contribution in [3.05, 3.63) is 46.5 Å². The summed E-state index contributed by atoms with van der Waals surface area (Å²) < 4.78 is 13.7. The van der Waals surface area contributed by atoms with Crippen molar-refractivity contribution in [1.82, 2.24) is 19.1 Å². The Kier molecular flexibility index (Phi) is 3.11. The summed E-state index contributed by atoms with van der Waals surface area (Å²) in [4.78, 5) is 0. The molecule has 6 heteroatoms. The topological polar surface area (TPSA) is 64.7 Å². The summed E-state index contributed by atoms with van der Waals surface area (Å²) in [6, 6.07) is 8.43. The van der Waals surface area contributed by atoms with Gasteiger partial charge in [0.15, 0.2) is 0 Å². The van der Waals surface area contributed by atoms with Gasteiger partial charge in [0.05, 0.1) is 11.7 Å². The molecule has 0 aliphatic carbocycles. The third kappa shape index (κ3) is 2.07. The summed E-state index contributed by atoms with van der Waals surface area (Å²) in [5.41, 5.74) is 8.37. The predicted octanol–water partition coefficient (Wildman–Crippen LogP) is 3.63. The van der Waals surface area contributed by atoms with Gasteiger partial charge in [-0.05, 0) is 59.3 Å². The zero-order chi connectivity index (χ0) is 15.1. The molecule has 0 bridgehead atoms. The molecular formula is C16H14N4OS. The summed E-state index contributed by atoms with van der Waals surface area (Å²) in [6.45, 7) is 4.08. The molecule has 4 rings (SSSR count). The molecule has 0 aliphatic rings. The number of benzene rings is 2. The van der Waals surface area contributed by atoms with Crippen LogP contribution in [0.4, 0.5) is 0 Å². The van der Waals surface area contributed by atoms with Crippen molar-refractivity contribution < 1.29 is 4.63 Å². The molecule has 0 N–H and O–H groups in total. The van der Waals surface area contributed by atoms with E-state index in [1.807, 2.05) is 6.92 Å². The van der Waals surface area contributed by atoms with Crippen LogP contribution < -0.4 is 0 Å². The van der Waals surface area contributed by atoms with E-state index in [1.54, 1.807) is 0 Å². The Morgan fingerprint density at radius 1 is 0.773 bits per heavy atom. The quantitative estimate of drug-likeness (QED) is 0.578. The first-order valence-corrected chi connectivity index (χ1v) is 7.88. The Labute approximate surface area is 131 Å². The van der Waals surface area contributed by atoms with E-state index in [0.29, 0.717) is 0 Å². The average molecular weight is 310 g/mol. The van der Waals surface area contributed by atoms with E-state index >= 15 is 0 Å². The Morgan fingerprint density at radius 2 is 1.36 bits per heavy atom. The molecule has 0 atom stereocenters. The van der Waals surface area contributed by atoms with Gasteiger partial charge in [-0.25, -0.2) is 4.63 Å². The first-order valence-electron chi connectivity index (χ1n) is 7.15. The van der Waals surface area contributed by atoms with Crippen LogP contribution in [-0.2, 0) is 12.8 Å². The molecule has 110 valence electrons. The highest BCUT2D eigenvalue weighted by Crippen LogP contribution is 2.24. The molecular weight excluding hydrogens is 296 g/mol. The van der Waals surface area contributed by atoms with Crippen molar-refractivity contribution >= 4 is 33.8 Å². The summed E-state index contributed by atoms with van der Waals surface area (Å²) in [6.07, 6.45) is 1.77. The fourth-order valence-corrected chi connectivity index (χ4v) is 3.39. The van der Waals surface area contributed by atoms with Gasteiger partial charge in [0.2, 0.25) is 0 Å². The van der Waals surface area contributed by atoms with Crippen molar-refractivity contribution in [2.45, 2.75) is 26.7 Å². The minimum atomic E-state index is 0.849. The monoisotopic (exact) mass is 310 g/mol. The van der Waals surface area contributed by atoms with Crippen molar-refractivity contribution in [1.29, 1.82) is 0 Å². The zero-order valence-electron chi connectivity index (χ0n) is 12.3. The SMILES string of the molecule is Cc1ccc(CCc2ccc(C)c3nsnc23)c2nonc12. The average Bonchev–Trinajstić information content (AvgIpc) is 3.18. The second kappa shape index (κ2) is 5.14. The molecule has 0 spiro atoms. The molecule has 0 saturated heterocycles. The first kappa shape index (κ1) is 13.3. The second-order valence-corrected chi connectivity index (χ2v) is 6.03. The minimum Gasteiger partial charge on any atom is -0.243 e. The fraction of sp³-hybridized carbons (Fsp3) is 0.250. The van der Waals surface area contributed by atoms with Crippen LogP contribution in [0.5, 0.6) is 0 Å². The van der Waals surface area contributed by atoms with E-state index in [9.17, 15) is 0 Å². The number of nitrogens with zero attached hydrogens (tertiary/aromatic N) is 4. The molecule has 2 aromatic carbocycles. The molecule has 0 amide bonds. The summed E-state index contributed by atoms with van der Waals surface area (Å²) >= 11 is 1.27. The lowest BCUT2D eigenvalue weighted by Gasteiger charge is -2.05.